The number of nitriles is 1. The maximum Gasteiger partial charge on any atom is 0.349 e. The number of ether oxygens (including phenoxy) is 3. The van der Waals surface area contributed by atoms with Crippen molar-refractivity contribution in [2.75, 3.05) is 13.7 Å². The second-order valence-corrected chi connectivity index (χ2v) is 9.80. The smallest absolute Gasteiger partial charge is 0.349 e. The number of rotatable bonds is 9. The molecule has 0 radical (unpaired) electrons. The van der Waals surface area contributed by atoms with Gasteiger partial charge in [0.1, 0.15) is 5.75 Å². The first kappa shape index (κ1) is 27.5. The van der Waals surface area contributed by atoms with E-state index in [1.807, 2.05) is 42.5 Å². The minimum Gasteiger partial charge on any atom is -0.493 e. The zero-order valence-corrected chi connectivity index (χ0v) is 22.7. The Morgan fingerprint density at radius 1 is 0.897 bits per heavy atom. The van der Waals surface area contributed by atoms with Gasteiger partial charge in [0.2, 0.25) is 0 Å². The molecular weight excluding hydrogens is 510 g/mol. The molecule has 196 valence electrons. The molecule has 4 aromatic rings. The maximum atomic E-state index is 12.5. The third kappa shape index (κ3) is 6.87. The van der Waals surface area contributed by atoms with Crippen molar-refractivity contribution in [2.45, 2.75) is 19.3 Å². The lowest BCUT2D eigenvalue weighted by Crippen LogP contribution is -2.19. The highest BCUT2D eigenvalue weighted by Gasteiger charge is 2.22. The number of esters is 1. The number of benzene rings is 4. The Labute approximate surface area is 233 Å². The Morgan fingerprint density at radius 2 is 1.56 bits per heavy atom. The molecule has 39 heavy (non-hydrogen) atoms. The van der Waals surface area contributed by atoms with Gasteiger partial charge in [0.25, 0.3) is 0 Å². The van der Waals surface area contributed by atoms with Gasteiger partial charge in [-0.25, -0.2) is 4.79 Å². The van der Waals surface area contributed by atoms with Crippen LogP contribution >= 0.6 is 11.6 Å². The Hall–Kier alpha value is -4.53. The molecule has 5 nitrogen and oxygen atoms in total. The van der Waals surface area contributed by atoms with Crippen molar-refractivity contribution < 1.29 is 19.0 Å². The normalized spacial score (nSPS) is 11.4. The van der Waals surface area contributed by atoms with Crippen LogP contribution < -0.4 is 14.2 Å². The van der Waals surface area contributed by atoms with Crippen LogP contribution in [0.2, 0.25) is 5.02 Å². The van der Waals surface area contributed by atoms with E-state index < -0.39 is 5.97 Å². The van der Waals surface area contributed by atoms with E-state index in [2.05, 4.69) is 32.0 Å². The highest BCUT2D eigenvalue weighted by atomic mass is 35.5. The average Bonchev–Trinajstić information content (AvgIpc) is 2.96. The summed E-state index contributed by atoms with van der Waals surface area (Å²) < 4.78 is 16.6. The number of nitrogens with zero attached hydrogens (tertiary/aromatic N) is 1. The molecule has 4 aromatic carbocycles. The van der Waals surface area contributed by atoms with Gasteiger partial charge in [-0.15, -0.1) is 0 Å². The summed E-state index contributed by atoms with van der Waals surface area (Å²) in [5.74, 6) is 0.619. The number of hydrogen-bond acceptors (Lipinski definition) is 5. The molecule has 0 atom stereocenters. The van der Waals surface area contributed by atoms with Crippen LogP contribution in [0.15, 0.2) is 97.1 Å². The van der Waals surface area contributed by atoms with Crippen molar-refractivity contribution >= 4 is 29.2 Å². The van der Waals surface area contributed by atoms with Gasteiger partial charge in [-0.3, -0.25) is 0 Å². The topological polar surface area (TPSA) is 68.5 Å². The fraction of sp³-hybridized carbons (Fsp3) is 0.152. The lowest BCUT2D eigenvalue weighted by atomic mass is 9.78. The van der Waals surface area contributed by atoms with Crippen molar-refractivity contribution in [3.8, 4) is 23.3 Å². The van der Waals surface area contributed by atoms with Crippen molar-refractivity contribution in [1.29, 1.82) is 5.26 Å². The molecule has 0 unspecified atom stereocenters. The van der Waals surface area contributed by atoms with E-state index in [-0.39, 0.29) is 17.8 Å². The van der Waals surface area contributed by atoms with E-state index in [1.165, 1.54) is 12.7 Å². The van der Waals surface area contributed by atoms with E-state index in [0.717, 1.165) is 11.1 Å². The molecule has 0 bridgehead atoms. The number of hydrogen-bond donors (Lipinski definition) is 0. The summed E-state index contributed by atoms with van der Waals surface area (Å²) in [6, 6.07) is 32.3. The predicted octanol–water partition coefficient (Wildman–Crippen LogP) is 7.72. The van der Waals surface area contributed by atoms with Crippen LogP contribution in [-0.2, 0) is 10.2 Å². The van der Waals surface area contributed by atoms with E-state index in [1.54, 1.807) is 48.5 Å². The van der Waals surface area contributed by atoms with Crippen molar-refractivity contribution in [2.24, 2.45) is 0 Å². The second kappa shape index (κ2) is 12.3. The molecule has 0 fully saturated rings. The molecule has 0 saturated carbocycles. The molecular formula is C33H28ClNO4. The molecule has 0 spiro atoms. The van der Waals surface area contributed by atoms with Gasteiger partial charge in [0.05, 0.1) is 18.8 Å². The van der Waals surface area contributed by atoms with Gasteiger partial charge in [0, 0.05) is 10.4 Å². The number of methoxy groups -OCH3 is 1. The summed E-state index contributed by atoms with van der Waals surface area (Å²) in [7, 11) is 1.49. The summed E-state index contributed by atoms with van der Waals surface area (Å²) in [4.78, 5) is 12.5. The molecule has 0 amide bonds. The van der Waals surface area contributed by atoms with Crippen LogP contribution in [0, 0.1) is 11.3 Å². The second-order valence-electron chi connectivity index (χ2n) is 9.37. The van der Waals surface area contributed by atoms with Crippen molar-refractivity contribution in [3.05, 3.63) is 124 Å². The number of halogens is 1. The molecule has 0 aromatic heterocycles. The summed E-state index contributed by atoms with van der Waals surface area (Å²) in [5, 5.41) is 10.2. The third-order valence-corrected chi connectivity index (χ3v) is 6.68. The van der Waals surface area contributed by atoms with Crippen LogP contribution in [0.5, 0.6) is 17.2 Å². The fourth-order valence-corrected chi connectivity index (χ4v) is 4.24. The average molecular weight is 538 g/mol. The molecule has 4 rings (SSSR count). The van der Waals surface area contributed by atoms with Crippen molar-refractivity contribution in [3.63, 3.8) is 0 Å². The van der Waals surface area contributed by atoms with Gasteiger partial charge in [-0.05, 0) is 64.7 Å². The first-order valence-electron chi connectivity index (χ1n) is 12.4. The van der Waals surface area contributed by atoms with Crippen LogP contribution in [0.4, 0.5) is 0 Å². The quantitative estimate of drug-likeness (QED) is 0.0945. The molecule has 0 saturated heterocycles. The lowest BCUT2D eigenvalue weighted by Gasteiger charge is -2.26. The first-order chi connectivity index (χ1) is 18.8. The zero-order valence-electron chi connectivity index (χ0n) is 22.0. The molecule has 0 N–H and O–H groups in total. The SMILES string of the molecule is COc1cc(/C=C(\C#N)c2ccc(Cl)cc2)ccc1OC(=O)COc1ccc(C(C)(C)c2ccccc2)cc1. The number of carbonyl (C=O) groups is 1. The van der Waals surface area contributed by atoms with Crippen molar-refractivity contribution in [1.82, 2.24) is 0 Å². The lowest BCUT2D eigenvalue weighted by molar-refractivity contribution is -0.136. The van der Waals surface area contributed by atoms with Crippen LogP contribution in [0.1, 0.15) is 36.1 Å². The highest BCUT2D eigenvalue weighted by molar-refractivity contribution is 6.30. The van der Waals surface area contributed by atoms with E-state index in [9.17, 15) is 10.1 Å². The number of allylic oxidation sites excluding steroid dienone is 1. The first-order valence-corrected chi connectivity index (χ1v) is 12.7. The molecule has 6 heteroatoms. The van der Waals surface area contributed by atoms with Gasteiger partial charge >= 0.3 is 5.97 Å². The van der Waals surface area contributed by atoms with E-state index in [0.29, 0.717) is 27.7 Å². The Morgan fingerprint density at radius 3 is 2.21 bits per heavy atom. The predicted molar refractivity (Wildman–Crippen MR) is 154 cm³/mol. The summed E-state index contributed by atoms with van der Waals surface area (Å²) in [6.07, 6.45) is 1.73. The van der Waals surface area contributed by atoms with E-state index in [4.69, 9.17) is 25.8 Å². The molecule has 0 aliphatic carbocycles. The summed E-state index contributed by atoms with van der Waals surface area (Å²) >= 11 is 5.95. The molecule has 0 heterocycles. The monoisotopic (exact) mass is 537 g/mol. The molecule has 0 aliphatic rings. The Bertz CT molecular complexity index is 1500. The third-order valence-electron chi connectivity index (χ3n) is 6.43. The highest BCUT2D eigenvalue weighted by Crippen LogP contribution is 2.33. The van der Waals surface area contributed by atoms with Crippen LogP contribution in [-0.4, -0.2) is 19.7 Å². The van der Waals surface area contributed by atoms with Gasteiger partial charge in [-0.1, -0.05) is 86.1 Å². The molecule has 0 aliphatic heterocycles. The fourth-order valence-electron chi connectivity index (χ4n) is 4.12. The Balaban J connectivity index is 1.39. The van der Waals surface area contributed by atoms with Crippen LogP contribution in [0.25, 0.3) is 11.6 Å². The largest absolute Gasteiger partial charge is 0.493 e. The van der Waals surface area contributed by atoms with Gasteiger partial charge < -0.3 is 14.2 Å². The zero-order chi connectivity index (χ0) is 27.8. The summed E-state index contributed by atoms with van der Waals surface area (Å²) in [5.41, 5.74) is 4.10. The van der Waals surface area contributed by atoms with Crippen LogP contribution in [0.3, 0.4) is 0 Å². The Kier molecular flexibility index (Phi) is 8.70. The minimum atomic E-state index is -0.566. The maximum absolute atomic E-state index is 12.5. The standard InChI is InChI=1S/C33H28ClNO4/c1-33(2,26-7-5-4-6-8-26)27-12-16-29(17-13-27)38-22-32(36)39-30-18-9-23(20-31(30)37-3)19-25(21-35)24-10-14-28(34)15-11-24/h4-20H,22H2,1-3H3/b25-19+. The van der Waals surface area contributed by atoms with E-state index >= 15 is 0 Å². The minimum absolute atomic E-state index is 0.167. The van der Waals surface area contributed by atoms with Gasteiger partial charge in [-0.2, -0.15) is 5.26 Å². The number of carbonyl (C=O) groups excluding carboxylic acids is 1. The van der Waals surface area contributed by atoms with Gasteiger partial charge in [0.15, 0.2) is 18.1 Å². The summed E-state index contributed by atoms with van der Waals surface area (Å²) in [6.45, 7) is 4.08.